The standard InChI is InChI=1S/C14H21NO3/c1-10(16)11-5-7-12(8-6-11)15(4)13-9-17-14(2,3)18-13/h5-8,10,13,16H,9H2,1-4H3/t10?,13-/m0/s1. The van der Waals surface area contributed by atoms with Crippen LogP contribution in [-0.2, 0) is 9.47 Å². The van der Waals surface area contributed by atoms with Crippen molar-refractivity contribution < 1.29 is 14.6 Å². The van der Waals surface area contributed by atoms with E-state index in [0.717, 1.165) is 11.3 Å². The Balaban J connectivity index is 2.07. The van der Waals surface area contributed by atoms with Crippen LogP contribution in [0.4, 0.5) is 5.69 Å². The molecule has 1 aromatic rings. The van der Waals surface area contributed by atoms with Crippen LogP contribution >= 0.6 is 0 Å². The first kappa shape index (κ1) is 13.3. The lowest BCUT2D eigenvalue weighted by molar-refractivity contribution is -0.137. The molecule has 1 aliphatic rings. The van der Waals surface area contributed by atoms with E-state index in [-0.39, 0.29) is 6.23 Å². The highest BCUT2D eigenvalue weighted by atomic mass is 16.8. The number of hydrogen-bond acceptors (Lipinski definition) is 4. The van der Waals surface area contributed by atoms with E-state index in [1.165, 1.54) is 0 Å². The number of benzene rings is 1. The lowest BCUT2D eigenvalue weighted by Crippen LogP contribution is -2.35. The molecule has 4 nitrogen and oxygen atoms in total. The first-order valence-electron chi connectivity index (χ1n) is 6.22. The second kappa shape index (κ2) is 4.88. The Morgan fingerprint density at radius 3 is 2.39 bits per heavy atom. The fourth-order valence-corrected chi connectivity index (χ4v) is 2.01. The van der Waals surface area contributed by atoms with E-state index in [1.54, 1.807) is 6.92 Å². The molecule has 1 fully saturated rings. The molecule has 18 heavy (non-hydrogen) atoms. The van der Waals surface area contributed by atoms with Gasteiger partial charge in [0.15, 0.2) is 12.0 Å². The molecule has 2 rings (SSSR count). The Kier molecular flexibility index (Phi) is 3.61. The van der Waals surface area contributed by atoms with Crippen LogP contribution < -0.4 is 4.90 Å². The van der Waals surface area contributed by atoms with Gasteiger partial charge < -0.3 is 19.5 Å². The van der Waals surface area contributed by atoms with Crippen molar-refractivity contribution in [1.82, 2.24) is 0 Å². The smallest absolute Gasteiger partial charge is 0.165 e. The Morgan fingerprint density at radius 1 is 1.33 bits per heavy atom. The van der Waals surface area contributed by atoms with E-state index in [2.05, 4.69) is 0 Å². The van der Waals surface area contributed by atoms with Gasteiger partial charge in [-0.1, -0.05) is 12.1 Å². The average Bonchev–Trinajstić information content (AvgIpc) is 2.69. The van der Waals surface area contributed by atoms with Crippen LogP contribution in [0.3, 0.4) is 0 Å². The fourth-order valence-electron chi connectivity index (χ4n) is 2.01. The molecule has 0 aliphatic carbocycles. The number of aliphatic hydroxyl groups excluding tert-OH is 1. The fraction of sp³-hybridized carbons (Fsp3) is 0.571. The van der Waals surface area contributed by atoms with Gasteiger partial charge >= 0.3 is 0 Å². The van der Waals surface area contributed by atoms with E-state index in [4.69, 9.17) is 9.47 Å². The first-order valence-corrected chi connectivity index (χ1v) is 6.22. The van der Waals surface area contributed by atoms with E-state index in [0.29, 0.717) is 6.61 Å². The van der Waals surface area contributed by atoms with E-state index in [9.17, 15) is 5.11 Å². The normalized spacial score (nSPS) is 23.9. The number of nitrogens with zero attached hydrogens (tertiary/aromatic N) is 1. The molecule has 0 spiro atoms. The van der Waals surface area contributed by atoms with Gasteiger partial charge in [-0.3, -0.25) is 0 Å². The van der Waals surface area contributed by atoms with Crippen LogP contribution in [0.5, 0.6) is 0 Å². The molecule has 0 aromatic heterocycles. The summed E-state index contributed by atoms with van der Waals surface area (Å²) in [5.41, 5.74) is 1.96. The van der Waals surface area contributed by atoms with E-state index in [1.807, 2.05) is 50.1 Å². The molecular formula is C14H21NO3. The summed E-state index contributed by atoms with van der Waals surface area (Å²) in [4.78, 5) is 2.04. The van der Waals surface area contributed by atoms with Crippen molar-refractivity contribution in [2.24, 2.45) is 0 Å². The molecule has 1 unspecified atom stereocenters. The Labute approximate surface area is 108 Å². The number of likely N-dealkylation sites (N-methyl/N-ethyl adjacent to an activating group) is 1. The van der Waals surface area contributed by atoms with E-state index >= 15 is 0 Å². The molecule has 2 atom stereocenters. The highest BCUT2D eigenvalue weighted by Crippen LogP contribution is 2.27. The van der Waals surface area contributed by atoms with E-state index < -0.39 is 11.9 Å². The third kappa shape index (κ3) is 2.83. The predicted octanol–water partition coefficient (Wildman–Crippen LogP) is 2.29. The summed E-state index contributed by atoms with van der Waals surface area (Å²) in [6.45, 7) is 6.14. The summed E-state index contributed by atoms with van der Waals surface area (Å²) in [6.07, 6.45) is -0.508. The van der Waals surface area contributed by atoms with Crippen molar-refractivity contribution in [3.05, 3.63) is 29.8 Å². The monoisotopic (exact) mass is 251 g/mol. The number of hydrogen-bond donors (Lipinski definition) is 1. The number of ether oxygens (including phenoxy) is 2. The van der Waals surface area contributed by atoms with Crippen LogP contribution in [0.25, 0.3) is 0 Å². The van der Waals surface area contributed by atoms with Gasteiger partial charge in [0.1, 0.15) is 0 Å². The lowest BCUT2D eigenvalue weighted by atomic mass is 10.1. The lowest BCUT2D eigenvalue weighted by Gasteiger charge is -2.26. The van der Waals surface area contributed by atoms with Crippen LogP contribution in [0.15, 0.2) is 24.3 Å². The zero-order valence-electron chi connectivity index (χ0n) is 11.4. The molecule has 1 aliphatic heterocycles. The van der Waals surface area contributed by atoms with Gasteiger partial charge in [-0.15, -0.1) is 0 Å². The molecule has 1 saturated heterocycles. The quantitative estimate of drug-likeness (QED) is 0.895. The third-order valence-electron chi connectivity index (χ3n) is 3.21. The summed E-state index contributed by atoms with van der Waals surface area (Å²) in [6, 6.07) is 7.82. The van der Waals surface area contributed by atoms with Gasteiger partial charge in [0.25, 0.3) is 0 Å². The van der Waals surface area contributed by atoms with Gasteiger partial charge in [0.2, 0.25) is 0 Å². The van der Waals surface area contributed by atoms with Crippen LogP contribution in [0.1, 0.15) is 32.4 Å². The second-order valence-electron chi connectivity index (χ2n) is 5.16. The van der Waals surface area contributed by atoms with Crippen molar-refractivity contribution in [3.8, 4) is 0 Å². The molecule has 0 radical (unpaired) electrons. The van der Waals surface area contributed by atoms with Gasteiger partial charge in [-0.25, -0.2) is 0 Å². The van der Waals surface area contributed by atoms with Gasteiger partial charge in [-0.05, 0) is 38.5 Å². The molecule has 0 saturated carbocycles. The van der Waals surface area contributed by atoms with Crippen LogP contribution in [0.2, 0.25) is 0 Å². The molecule has 1 N–H and O–H groups in total. The predicted molar refractivity (Wildman–Crippen MR) is 70.4 cm³/mol. The number of anilines is 1. The molecule has 0 amide bonds. The Hall–Kier alpha value is -1.10. The maximum absolute atomic E-state index is 9.48. The van der Waals surface area contributed by atoms with Crippen molar-refractivity contribution in [3.63, 3.8) is 0 Å². The third-order valence-corrected chi connectivity index (χ3v) is 3.21. The minimum absolute atomic E-state index is 0.0719. The van der Waals surface area contributed by atoms with Crippen molar-refractivity contribution >= 4 is 5.69 Å². The second-order valence-corrected chi connectivity index (χ2v) is 5.16. The summed E-state index contributed by atoms with van der Waals surface area (Å²) in [7, 11) is 1.98. The zero-order chi connectivity index (χ0) is 13.3. The Bertz CT molecular complexity index is 400. The van der Waals surface area contributed by atoms with Crippen LogP contribution in [-0.4, -0.2) is 30.8 Å². The minimum atomic E-state index is -0.515. The highest BCUT2D eigenvalue weighted by molar-refractivity contribution is 5.47. The molecule has 1 heterocycles. The summed E-state index contributed by atoms with van der Waals surface area (Å²) >= 11 is 0. The van der Waals surface area contributed by atoms with Crippen molar-refractivity contribution in [2.75, 3.05) is 18.6 Å². The molecule has 4 heteroatoms. The number of rotatable bonds is 3. The maximum atomic E-state index is 9.48. The highest BCUT2D eigenvalue weighted by Gasteiger charge is 2.35. The largest absolute Gasteiger partial charge is 0.389 e. The number of aliphatic hydroxyl groups is 1. The van der Waals surface area contributed by atoms with Gasteiger partial charge in [0.05, 0.1) is 12.7 Å². The minimum Gasteiger partial charge on any atom is -0.389 e. The topological polar surface area (TPSA) is 41.9 Å². The summed E-state index contributed by atoms with van der Waals surface area (Å²) < 4.78 is 11.4. The zero-order valence-corrected chi connectivity index (χ0v) is 11.4. The van der Waals surface area contributed by atoms with Crippen LogP contribution in [0, 0.1) is 0 Å². The molecule has 1 aromatic carbocycles. The van der Waals surface area contributed by atoms with Gasteiger partial charge in [0, 0.05) is 12.7 Å². The summed E-state index contributed by atoms with van der Waals surface area (Å²) in [5, 5.41) is 9.48. The average molecular weight is 251 g/mol. The molecular weight excluding hydrogens is 230 g/mol. The molecule has 100 valence electrons. The molecule has 0 bridgehead atoms. The summed E-state index contributed by atoms with van der Waals surface area (Å²) in [5.74, 6) is -0.515. The maximum Gasteiger partial charge on any atom is 0.165 e. The Morgan fingerprint density at radius 2 is 1.94 bits per heavy atom. The van der Waals surface area contributed by atoms with Crippen molar-refractivity contribution in [1.29, 1.82) is 0 Å². The first-order chi connectivity index (χ1) is 8.39. The van der Waals surface area contributed by atoms with Crippen molar-refractivity contribution in [2.45, 2.75) is 38.9 Å². The SMILES string of the molecule is CC(O)c1ccc(N(C)[C@@H]2COC(C)(C)O2)cc1. The van der Waals surface area contributed by atoms with Gasteiger partial charge in [-0.2, -0.15) is 0 Å².